The summed E-state index contributed by atoms with van der Waals surface area (Å²) in [6, 6.07) is -0.736. The van der Waals surface area contributed by atoms with Crippen molar-refractivity contribution >= 4 is 11.9 Å². The van der Waals surface area contributed by atoms with Gasteiger partial charge in [-0.1, -0.05) is 241 Å². The van der Waals surface area contributed by atoms with E-state index in [9.17, 15) is 19.8 Å². The largest absolute Gasteiger partial charge is 0.461 e. The van der Waals surface area contributed by atoms with Crippen molar-refractivity contribution in [2.45, 2.75) is 277 Å². The molecule has 0 aliphatic rings. The van der Waals surface area contributed by atoms with E-state index in [1.165, 1.54) is 135 Å². The highest BCUT2D eigenvalue weighted by Gasteiger charge is 2.23. The van der Waals surface area contributed by atoms with Crippen LogP contribution in [0.3, 0.4) is 0 Å². The Hall–Kier alpha value is -2.70. The number of allylic oxidation sites excluding steroid dienone is 11. The number of carbonyl (C=O) groups is 2. The SMILES string of the molecule is CC/C=C\C/C=C\C/C=C\C/C=C\C/C=C\CC(CC(=O)NC(CO)C(O)CCCCCCCCCCCCCC)OC(=O)CCCCCCC/C=C/CCCCCCCCCCC. The zero-order valence-corrected chi connectivity index (χ0v) is 42.1. The van der Waals surface area contributed by atoms with Crippen LogP contribution < -0.4 is 5.32 Å². The molecule has 0 radical (unpaired) electrons. The van der Waals surface area contributed by atoms with Crippen molar-refractivity contribution < 1.29 is 24.5 Å². The van der Waals surface area contributed by atoms with Crippen molar-refractivity contribution in [3.8, 4) is 0 Å². The van der Waals surface area contributed by atoms with Crippen LogP contribution in [-0.2, 0) is 14.3 Å². The molecule has 0 rings (SSSR count). The van der Waals surface area contributed by atoms with E-state index in [-0.39, 0.29) is 24.9 Å². The summed E-state index contributed by atoms with van der Waals surface area (Å²) in [5.41, 5.74) is 0. The number of aliphatic hydroxyl groups excluding tert-OH is 2. The smallest absolute Gasteiger partial charge is 0.306 e. The Labute approximate surface area is 396 Å². The molecule has 1 amide bonds. The lowest BCUT2D eigenvalue weighted by atomic mass is 10.0. The quantitative estimate of drug-likeness (QED) is 0.0321. The zero-order chi connectivity index (χ0) is 46.7. The van der Waals surface area contributed by atoms with Gasteiger partial charge in [0.2, 0.25) is 5.91 Å². The first-order chi connectivity index (χ1) is 31.5. The van der Waals surface area contributed by atoms with Crippen LogP contribution in [0.2, 0.25) is 0 Å². The lowest BCUT2D eigenvalue weighted by molar-refractivity contribution is -0.150. The molecule has 0 spiro atoms. The molecule has 3 unspecified atom stereocenters. The van der Waals surface area contributed by atoms with Crippen LogP contribution in [0.1, 0.15) is 258 Å². The highest BCUT2D eigenvalue weighted by atomic mass is 16.5. The van der Waals surface area contributed by atoms with Gasteiger partial charge in [-0.05, 0) is 70.6 Å². The third-order valence-corrected chi connectivity index (χ3v) is 12.0. The van der Waals surface area contributed by atoms with Gasteiger partial charge in [-0.15, -0.1) is 0 Å². The van der Waals surface area contributed by atoms with Gasteiger partial charge < -0.3 is 20.3 Å². The van der Waals surface area contributed by atoms with E-state index in [4.69, 9.17) is 4.74 Å². The molecule has 3 atom stereocenters. The molecule has 0 saturated carbocycles. The van der Waals surface area contributed by atoms with Gasteiger partial charge in [0.05, 0.1) is 25.2 Å². The van der Waals surface area contributed by atoms with Crippen LogP contribution in [0, 0.1) is 0 Å². The molecule has 0 aromatic carbocycles. The highest BCUT2D eigenvalue weighted by Crippen LogP contribution is 2.16. The van der Waals surface area contributed by atoms with Gasteiger partial charge in [0.1, 0.15) is 6.10 Å². The minimum Gasteiger partial charge on any atom is -0.461 e. The van der Waals surface area contributed by atoms with Crippen LogP contribution in [0.25, 0.3) is 0 Å². The lowest BCUT2D eigenvalue weighted by Crippen LogP contribution is -2.46. The summed E-state index contributed by atoms with van der Waals surface area (Å²) in [5, 5.41) is 23.7. The number of esters is 1. The minimum absolute atomic E-state index is 0.00544. The molecule has 0 aromatic heterocycles. The van der Waals surface area contributed by atoms with Crippen molar-refractivity contribution in [2.24, 2.45) is 0 Å². The molecule has 3 N–H and O–H groups in total. The molecule has 0 aliphatic carbocycles. The predicted octanol–water partition coefficient (Wildman–Crippen LogP) is 16.6. The minimum atomic E-state index is -0.815. The van der Waals surface area contributed by atoms with E-state index < -0.39 is 18.2 Å². The van der Waals surface area contributed by atoms with Crippen LogP contribution in [0.15, 0.2) is 72.9 Å². The summed E-state index contributed by atoms with van der Waals surface area (Å²) in [5.74, 6) is -0.588. The molecule has 0 fully saturated rings. The fraction of sp³-hybridized carbons (Fsp3) is 0.759. The average Bonchev–Trinajstić information content (AvgIpc) is 3.29. The third-order valence-electron chi connectivity index (χ3n) is 12.0. The maximum absolute atomic E-state index is 13.2. The van der Waals surface area contributed by atoms with Crippen LogP contribution in [0.4, 0.5) is 0 Å². The number of hydrogen-bond acceptors (Lipinski definition) is 5. The highest BCUT2D eigenvalue weighted by molar-refractivity contribution is 5.77. The molecule has 6 nitrogen and oxygen atoms in total. The Bertz CT molecular complexity index is 1190. The molecule has 0 aliphatic heterocycles. The third kappa shape index (κ3) is 45.9. The van der Waals surface area contributed by atoms with Crippen LogP contribution in [-0.4, -0.2) is 46.9 Å². The normalized spacial score (nSPS) is 13.8. The van der Waals surface area contributed by atoms with Gasteiger partial charge >= 0.3 is 5.97 Å². The fourth-order valence-corrected chi connectivity index (χ4v) is 7.92. The summed E-state index contributed by atoms with van der Waals surface area (Å²) in [6.45, 7) is 6.34. The lowest BCUT2D eigenvalue weighted by Gasteiger charge is -2.24. The topological polar surface area (TPSA) is 95.9 Å². The molecule has 0 aromatic rings. The summed E-state index contributed by atoms with van der Waals surface area (Å²) in [7, 11) is 0. The van der Waals surface area contributed by atoms with E-state index in [2.05, 4.69) is 86.8 Å². The molecular weight excluding hydrogens is 791 g/mol. The van der Waals surface area contributed by atoms with Gasteiger partial charge in [0, 0.05) is 12.8 Å². The molecule has 0 saturated heterocycles. The first-order valence-corrected chi connectivity index (χ1v) is 27.2. The van der Waals surface area contributed by atoms with Gasteiger partial charge in [-0.2, -0.15) is 0 Å². The Balaban J connectivity index is 4.69. The van der Waals surface area contributed by atoms with E-state index >= 15 is 0 Å². The number of unbranched alkanes of at least 4 members (excludes halogenated alkanes) is 25. The summed E-state index contributed by atoms with van der Waals surface area (Å²) in [6.07, 6.45) is 65.5. The maximum atomic E-state index is 13.2. The number of ether oxygens (including phenoxy) is 1. The first-order valence-electron chi connectivity index (χ1n) is 27.2. The Morgan fingerprint density at radius 2 is 0.875 bits per heavy atom. The second kappa shape index (κ2) is 51.3. The Morgan fingerprint density at radius 3 is 1.31 bits per heavy atom. The standard InChI is InChI=1S/C58H103NO5/c1-4-7-10-13-16-19-22-25-27-28-29-31-33-36-39-42-45-48-51-58(63)64-54(49-46-43-40-37-34-32-30-26-23-20-17-14-11-8-5-2)52-57(62)59-55(53-60)56(61)50-47-44-41-38-35-24-21-18-15-12-9-6-3/h8,11,17,20,26,29-31,34,37,43,46,54-56,60-61H,4-7,9-10,12-16,18-19,21-25,27-28,32-33,35-36,38-42,44-45,47-53H2,1-3H3,(H,59,62)/b11-8-,20-17-,30-26-,31-29+,37-34-,46-43-. The second-order valence-electron chi connectivity index (χ2n) is 18.3. The molecular formula is C58H103NO5. The summed E-state index contributed by atoms with van der Waals surface area (Å²) in [4.78, 5) is 26.2. The molecule has 0 heterocycles. The zero-order valence-electron chi connectivity index (χ0n) is 42.1. The maximum Gasteiger partial charge on any atom is 0.306 e. The number of hydrogen-bond donors (Lipinski definition) is 3. The van der Waals surface area contributed by atoms with Gasteiger partial charge in [0.15, 0.2) is 0 Å². The van der Waals surface area contributed by atoms with Crippen molar-refractivity contribution in [3.05, 3.63) is 72.9 Å². The van der Waals surface area contributed by atoms with Crippen molar-refractivity contribution in [3.63, 3.8) is 0 Å². The van der Waals surface area contributed by atoms with E-state index in [0.29, 0.717) is 19.3 Å². The average molecular weight is 894 g/mol. The monoisotopic (exact) mass is 894 g/mol. The number of carbonyl (C=O) groups excluding carboxylic acids is 2. The van der Waals surface area contributed by atoms with Gasteiger partial charge in [0.25, 0.3) is 0 Å². The van der Waals surface area contributed by atoms with Crippen molar-refractivity contribution in [1.29, 1.82) is 0 Å². The fourth-order valence-electron chi connectivity index (χ4n) is 7.92. The molecule has 370 valence electrons. The van der Waals surface area contributed by atoms with Gasteiger partial charge in [-0.3, -0.25) is 9.59 Å². The van der Waals surface area contributed by atoms with E-state index in [1.807, 2.05) is 12.2 Å². The number of rotatable bonds is 48. The number of aliphatic hydroxyl groups is 2. The number of amides is 1. The van der Waals surface area contributed by atoms with Crippen molar-refractivity contribution in [1.82, 2.24) is 5.32 Å². The van der Waals surface area contributed by atoms with Crippen molar-refractivity contribution in [2.75, 3.05) is 6.61 Å². The summed E-state index contributed by atoms with van der Waals surface area (Å²) < 4.78 is 5.88. The Morgan fingerprint density at radius 1 is 0.484 bits per heavy atom. The van der Waals surface area contributed by atoms with Gasteiger partial charge in [-0.25, -0.2) is 0 Å². The van der Waals surface area contributed by atoms with E-state index in [1.54, 1.807) is 0 Å². The number of nitrogens with one attached hydrogen (secondary N) is 1. The van der Waals surface area contributed by atoms with Crippen LogP contribution in [0.5, 0.6) is 0 Å². The summed E-state index contributed by atoms with van der Waals surface area (Å²) >= 11 is 0. The molecule has 6 heteroatoms. The predicted molar refractivity (Wildman–Crippen MR) is 278 cm³/mol. The Kier molecular flexibility index (Phi) is 49.1. The van der Waals surface area contributed by atoms with Crippen LogP contribution >= 0.6 is 0 Å². The molecule has 64 heavy (non-hydrogen) atoms. The first kappa shape index (κ1) is 61.3. The second-order valence-corrected chi connectivity index (χ2v) is 18.3. The molecule has 0 bridgehead atoms. The van der Waals surface area contributed by atoms with E-state index in [0.717, 1.165) is 77.0 Å².